The van der Waals surface area contributed by atoms with Gasteiger partial charge in [0.2, 0.25) is 0 Å². The summed E-state index contributed by atoms with van der Waals surface area (Å²) in [5, 5.41) is 22.6. The van der Waals surface area contributed by atoms with Crippen LogP contribution in [0.3, 0.4) is 0 Å². The summed E-state index contributed by atoms with van der Waals surface area (Å²) in [4.78, 5) is 30.2. The summed E-state index contributed by atoms with van der Waals surface area (Å²) < 4.78 is 10.8. The van der Waals surface area contributed by atoms with Gasteiger partial charge < -0.3 is 24.5 Å². The molecule has 5 aromatic rings. The zero-order valence-electron chi connectivity index (χ0n) is 17.1. The van der Waals surface area contributed by atoms with Crippen LogP contribution in [-0.4, -0.2) is 20.7 Å². The molecule has 2 aromatic carbocycles. The van der Waals surface area contributed by atoms with Crippen molar-refractivity contribution >= 4 is 21.9 Å². The van der Waals surface area contributed by atoms with E-state index in [-0.39, 0.29) is 80.6 Å². The molecule has 0 aliphatic carbocycles. The second kappa shape index (κ2) is 9.72. The second-order valence-corrected chi connectivity index (χ2v) is 6.98. The Balaban J connectivity index is 0.00000153. The Morgan fingerprint density at radius 3 is 1.61 bits per heavy atom. The quantitative estimate of drug-likeness (QED) is 0.317. The first-order valence-corrected chi connectivity index (χ1v) is 9.46. The van der Waals surface area contributed by atoms with Gasteiger partial charge in [-0.05, 0) is 36.4 Å². The number of aromatic nitrogens is 1. The summed E-state index contributed by atoms with van der Waals surface area (Å²) in [6, 6.07) is 17.9. The zero-order valence-corrected chi connectivity index (χ0v) is 20.7. The van der Waals surface area contributed by atoms with E-state index in [1.165, 1.54) is 6.20 Å². The van der Waals surface area contributed by atoms with Crippen LogP contribution in [0.15, 0.2) is 91.4 Å². The molecule has 4 N–H and O–H groups in total. The molecule has 0 saturated carbocycles. The minimum atomic E-state index is -1.22. The van der Waals surface area contributed by atoms with E-state index in [1.807, 2.05) is 0 Å². The molecule has 3 aromatic heterocycles. The van der Waals surface area contributed by atoms with Crippen LogP contribution in [0.1, 0.15) is 22.7 Å². The molecule has 0 amide bonds. The average Bonchev–Trinajstić information content (AvgIpc) is 2.78. The number of pyridine rings is 1. The van der Waals surface area contributed by atoms with Gasteiger partial charge in [0.05, 0.1) is 33.5 Å². The molecule has 0 aliphatic rings. The summed E-state index contributed by atoms with van der Waals surface area (Å²) in [6.45, 7) is 0. The van der Waals surface area contributed by atoms with Gasteiger partial charge in [0, 0.05) is 41.8 Å². The molecule has 0 fully saturated rings. The molecule has 3 heterocycles. The Kier molecular flexibility index (Phi) is 7.19. The van der Waals surface area contributed by atoms with Gasteiger partial charge in [-0.3, -0.25) is 4.98 Å². The van der Waals surface area contributed by atoms with Gasteiger partial charge in [-0.25, -0.2) is 9.59 Å². The molecule has 9 heteroatoms. The predicted molar refractivity (Wildman–Crippen MR) is 117 cm³/mol. The summed E-state index contributed by atoms with van der Waals surface area (Å²) in [7, 11) is 0. The first-order chi connectivity index (χ1) is 15.1. The van der Waals surface area contributed by atoms with Crippen molar-refractivity contribution in [1.82, 2.24) is 4.98 Å². The maximum atomic E-state index is 13.0. The molecule has 33 heavy (non-hydrogen) atoms. The molecule has 0 unspecified atom stereocenters. The van der Waals surface area contributed by atoms with Crippen molar-refractivity contribution in [3.63, 3.8) is 0 Å². The van der Waals surface area contributed by atoms with Crippen molar-refractivity contribution < 1.29 is 60.1 Å². The van der Waals surface area contributed by atoms with E-state index in [4.69, 9.17) is 8.83 Å². The van der Waals surface area contributed by atoms with Crippen LogP contribution >= 0.6 is 0 Å². The van der Waals surface area contributed by atoms with Gasteiger partial charge >= 0.3 is 11.3 Å². The number of para-hydroxylation sites is 2. The Labute approximate surface area is 214 Å². The molecule has 5 rings (SSSR count). The van der Waals surface area contributed by atoms with E-state index in [0.29, 0.717) is 10.8 Å². The first kappa shape index (κ1) is 24.4. The fourth-order valence-electron chi connectivity index (χ4n) is 3.79. The maximum Gasteiger partial charge on any atom is 0.344 e. The molecular weight excluding hydrogens is 553 g/mol. The summed E-state index contributed by atoms with van der Waals surface area (Å²) in [5.74, 6) is -1.92. The molecule has 163 valence electrons. The van der Waals surface area contributed by atoms with Gasteiger partial charge in [0.15, 0.2) is 0 Å². The number of fused-ring (bicyclic) bond motifs is 2. The smallest absolute Gasteiger partial charge is 0.344 e. The molecular formula is C24H17LaNO7. The van der Waals surface area contributed by atoms with Crippen molar-refractivity contribution in [2.24, 2.45) is 0 Å². The zero-order chi connectivity index (χ0) is 21.5. The van der Waals surface area contributed by atoms with Crippen molar-refractivity contribution in [3.8, 4) is 11.5 Å². The number of rotatable bonds is 3. The van der Waals surface area contributed by atoms with E-state index in [0.717, 1.165) is 0 Å². The van der Waals surface area contributed by atoms with Gasteiger partial charge in [0.25, 0.3) is 0 Å². The largest absolute Gasteiger partial charge is 0.507 e. The third-order valence-corrected chi connectivity index (χ3v) is 5.20. The van der Waals surface area contributed by atoms with Crippen LogP contribution in [0.25, 0.3) is 21.9 Å². The van der Waals surface area contributed by atoms with Crippen molar-refractivity contribution in [3.05, 3.63) is 111 Å². The van der Waals surface area contributed by atoms with Crippen molar-refractivity contribution in [1.29, 1.82) is 0 Å². The molecule has 0 aliphatic heterocycles. The third-order valence-electron chi connectivity index (χ3n) is 5.20. The number of hydrogen-bond acceptors (Lipinski definition) is 7. The third kappa shape index (κ3) is 4.11. The van der Waals surface area contributed by atoms with Gasteiger partial charge in [-0.15, -0.1) is 0 Å². The molecule has 1 radical (unpaired) electrons. The Hall–Kier alpha value is -3.24. The Morgan fingerprint density at radius 2 is 1.15 bits per heavy atom. The van der Waals surface area contributed by atoms with Crippen LogP contribution in [0.5, 0.6) is 11.5 Å². The average molecular weight is 570 g/mol. The van der Waals surface area contributed by atoms with E-state index in [9.17, 15) is 19.8 Å². The monoisotopic (exact) mass is 570 g/mol. The molecule has 0 atom stereocenters. The number of hydrogen-bond donors (Lipinski definition) is 2. The number of benzene rings is 2. The van der Waals surface area contributed by atoms with E-state index in [2.05, 4.69) is 4.98 Å². The van der Waals surface area contributed by atoms with Gasteiger partial charge in [-0.2, -0.15) is 0 Å². The minimum Gasteiger partial charge on any atom is -0.507 e. The summed E-state index contributed by atoms with van der Waals surface area (Å²) >= 11 is 0. The van der Waals surface area contributed by atoms with E-state index in [1.54, 1.807) is 66.7 Å². The first-order valence-electron chi connectivity index (χ1n) is 9.46. The van der Waals surface area contributed by atoms with Gasteiger partial charge in [0.1, 0.15) is 22.7 Å². The van der Waals surface area contributed by atoms with Crippen LogP contribution < -0.4 is 11.3 Å². The van der Waals surface area contributed by atoms with Crippen LogP contribution in [0.2, 0.25) is 0 Å². The normalized spacial score (nSPS) is 10.7. The second-order valence-electron chi connectivity index (χ2n) is 6.98. The van der Waals surface area contributed by atoms with Crippen molar-refractivity contribution in [2.45, 2.75) is 5.92 Å². The number of aromatic hydroxyl groups is 2. The SMILES string of the molecule is O.O=c1oc2ccccc2c(O)c1C(c1ccccn1)c1c(O)c2ccccc2oc1=O.[La]. The van der Waals surface area contributed by atoms with Crippen LogP contribution in [0, 0.1) is 35.6 Å². The fraction of sp³-hybridized carbons (Fsp3) is 0.0417. The molecule has 0 spiro atoms. The standard InChI is InChI=1S/C24H15NO6.La.H2O/c26-21-13-7-1-3-10-16(13)30-23(28)19(21)18(15-9-5-6-12-25-15)20-22(27)14-8-2-4-11-17(14)31-24(20)29;;/h1-12,18,26-27H;;1H2. The molecule has 0 bridgehead atoms. The Bertz CT molecular complexity index is 1460. The molecule has 8 nitrogen and oxygen atoms in total. The predicted octanol–water partition coefficient (Wildman–Crippen LogP) is 3.06. The van der Waals surface area contributed by atoms with Crippen LogP contribution in [-0.2, 0) is 0 Å². The summed E-state index contributed by atoms with van der Waals surface area (Å²) in [6.07, 6.45) is 1.49. The minimum absolute atomic E-state index is 0. The van der Waals surface area contributed by atoms with Gasteiger partial charge in [-0.1, -0.05) is 30.3 Å². The topological polar surface area (TPSA) is 145 Å². The molecule has 0 saturated heterocycles. The number of nitrogens with zero attached hydrogens (tertiary/aromatic N) is 1. The Morgan fingerprint density at radius 1 is 0.697 bits per heavy atom. The van der Waals surface area contributed by atoms with Crippen molar-refractivity contribution in [2.75, 3.05) is 0 Å². The maximum absolute atomic E-state index is 13.0. The summed E-state index contributed by atoms with van der Waals surface area (Å²) in [5.41, 5.74) is -1.46. The van der Waals surface area contributed by atoms with E-state index >= 15 is 0 Å². The van der Waals surface area contributed by atoms with Crippen LogP contribution in [0.4, 0.5) is 0 Å². The fourth-order valence-corrected chi connectivity index (χ4v) is 3.79. The van der Waals surface area contributed by atoms with E-state index < -0.39 is 17.2 Å².